The van der Waals surface area contributed by atoms with E-state index in [4.69, 9.17) is 0 Å². The zero-order valence-corrected chi connectivity index (χ0v) is 12.7. The second-order valence-corrected chi connectivity index (χ2v) is 6.23. The number of anilines is 1. The molecule has 3 nitrogen and oxygen atoms in total. The Bertz CT molecular complexity index is 634. The summed E-state index contributed by atoms with van der Waals surface area (Å²) in [6, 6.07) is 6.65. The van der Waals surface area contributed by atoms with Crippen LogP contribution < -0.4 is 4.90 Å². The summed E-state index contributed by atoms with van der Waals surface area (Å²) in [5, 5.41) is 2.77. The number of nitrogens with zero attached hydrogens (tertiary/aromatic N) is 2. The van der Waals surface area contributed by atoms with Crippen molar-refractivity contribution in [2.24, 2.45) is 0 Å². The molecule has 5 heteroatoms. The van der Waals surface area contributed by atoms with Crippen LogP contribution in [0, 0.1) is 12.7 Å². The number of amides is 1. The van der Waals surface area contributed by atoms with Gasteiger partial charge in [-0.1, -0.05) is 12.1 Å². The summed E-state index contributed by atoms with van der Waals surface area (Å²) in [5.41, 5.74) is 1.93. The molecule has 2 aromatic rings. The van der Waals surface area contributed by atoms with E-state index in [0.29, 0.717) is 18.9 Å². The van der Waals surface area contributed by atoms with Gasteiger partial charge in [0.15, 0.2) is 5.13 Å². The third-order valence-electron chi connectivity index (χ3n) is 3.53. The Balaban J connectivity index is 1.66. The van der Waals surface area contributed by atoms with E-state index in [-0.39, 0.29) is 11.7 Å². The van der Waals surface area contributed by atoms with Gasteiger partial charge in [0.05, 0.1) is 5.69 Å². The third-order valence-corrected chi connectivity index (χ3v) is 4.49. The maximum Gasteiger partial charge on any atom is 0.229 e. The van der Waals surface area contributed by atoms with Crippen LogP contribution in [-0.4, -0.2) is 16.9 Å². The molecule has 3 rings (SSSR count). The minimum atomic E-state index is -0.247. The number of hydrogen-bond acceptors (Lipinski definition) is 3. The number of carbonyl (C=O) groups is 1. The van der Waals surface area contributed by atoms with Gasteiger partial charge in [0.1, 0.15) is 5.82 Å². The molecule has 1 aliphatic carbocycles. The molecular formula is C16H17FN2OS. The first kappa shape index (κ1) is 14.2. The van der Waals surface area contributed by atoms with Crippen LogP contribution in [0.2, 0.25) is 0 Å². The zero-order chi connectivity index (χ0) is 14.8. The van der Waals surface area contributed by atoms with E-state index < -0.39 is 0 Å². The quantitative estimate of drug-likeness (QED) is 0.843. The highest BCUT2D eigenvalue weighted by molar-refractivity contribution is 7.14. The molecule has 0 bridgehead atoms. The molecule has 21 heavy (non-hydrogen) atoms. The van der Waals surface area contributed by atoms with Gasteiger partial charge in [-0.25, -0.2) is 9.37 Å². The number of halogens is 1. The fourth-order valence-corrected chi connectivity index (χ4v) is 3.16. The lowest BCUT2D eigenvalue weighted by Crippen LogP contribution is -2.33. The second kappa shape index (κ2) is 5.93. The van der Waals surface area contributed by atoms with E-state index >= 15 is 0 Å². The Labute approximate surface area is 127 Å². The van der Waals surface area contributed by atoms with E-state index in [9.17, 15) is 9.18 Å². The van der Waals surface area contributed by atoms with E-state index in [1.165, 1.54) is 23.5 Å². The van der Waals surface area contributed by atoms with Crippen LogP contribution in [0.3, 0.4) is 0 Å². The summed E-state index contributed by atoms with van der Waals surface area (Å²) in [7, 11) is 0. The van der Waals surface area contributed by atoms with E-state index in [1.54, 1.807) is 12.1 Å². The average Bonchev–Trinajstić information content (AvgIpc) is 3.20. The molecule has 110 valence electrons. The lowest BCUT2D eigenvalue weighted by atomic mass is 10.1. The summed E-state index contributed by atoms with van der Waals surface area (Å²) in [5.74, 6) is -0.140. The molecule has 1 aliphatic rings. The van der Waals surface area contributed by atoms with Crippen molar-refractivity contribution < 1.29 is 9.18 Å². The van der Waals surface area contributed by atoms with Gasteiger partial charge in [-0.3, -0.25) is 9.69 Å². The summed E-state index contributed by atoms with van der Waals surface area (Å²) in [6.45, 7) is 1.94. The first-order chi connectivity index (χ1) is 10.1. The van der Waals surface area contributed by atoms with Gasteiger partial charge in [-0.05, 0) is 43.9 Å². The zero-order valence-electron chi connectivity index (χ0n) is 11.9. The van der Waals surface area contributed by atoms with Crippen molar-refractivity contribution in [3.8, 4) is 0 Å². The van der Waals surface area contributed by atoms with E-state index in [1.807, 2.05) is 17.2 Å². The first-order valence-corrected chi connectivity index (χ1v) is 8.00. The fourth-order valence-electron chi connectivity index (χ4n) is 2.27. The smallest absolute Gasteiger partial charge is 0.229 e. The SMILES string of the molecule is Cc1csc(N(C(=O)CCc2ccc(F)cc2)C2CC2)n1. The van der Waals surface area contributed by atoms with Gasteiger partial charge in [-0.15, -0.1) is 11.3 Å². The van der Waals surface area contributed by atoms with Crippen molar-refractivity contribution in [3.63, 3.8) is 0 Å². The molecule has 0 unspecified atom stereocenters. The van der Waals surface area contributed by atoms with Crippen LogP contribution in [0.15, 0.2) is 29.6 Å². The molecule has 1 aromatic carbocycles. The number of aromatic nitrogens is 1. The lowest BCUT2D eigenvalue weighted by Gasteiger charge is -2.19. The molecule has 1 heterocycles. The van der Waals surface area contributed by atoms with Gasteiger partial charge < -0.3 is 0 Å². The molecule has 1 fully saturated rings. The van der Waals surface area contributed by atoms with Crippen molar-refractivity contribution >= 4 is 22.4 Å². The molecule has 0 atom stereocenters. The Hall–Kier alpha value is -1.75. The molecule has 1 saturated carbocycles. The Morgan fingerprint density at radius 3 is 2.67 bits per heavy atom. The molecule has 0 N–H and O–H groups in total. The van der Waals surface area contributed by atoms with Gasteiger partial charge in [0, 0.05) is 17.8 Å². The van der Waals surface area contributed by atoms with Crippen molar-refractivity contribution in [2.75, 3.05) is 4.90 Å². The normalized spacial score (nSPS) is 14.2. The van der Waals surface area contributed by atoms with Crippen molar-refractivity contribution in [1.29, 1.82) is 0 Å². The first-order valence-electron chi connectivity index (χ1n) is 7.12. The number of aryl methyl sites for hydroxylation is 2. The Morgan fingerprint density at radius 1 is 1.38 bits per heavy atom. The highest BCUT2D eigenvalue weighted by atomic mass is 32.1. The maximum atomic E-state index is 12.9. The largest absolute Gasteiger partial charge is 0.285 e. The Kier molecular flexibility index (Phi) is 4.01. The number of carbonyl (C=O) groups excluding carboxylic acids is 1. The van der Waals surface area contributed by atoms with Crippen molar-refractivity contribution in [3.05, 3.63) is 46.7 Å². The number of benzene rings is 1. The summed E-state index contributed by atoms with van der Waals surface area (Å²) >= 11 is 1.52. The van der Waals surface area contributed by atoms with Crippen LogP contribution in [0.4, 0.5) is 9.52 Å². The number of hydrogen-bond donors (Lipinski definition) is 0. The van der Waals surface area contributed by atoms with Crippen LogP contribution in [0.1, 0.15) is 30.5 Å². The molecular weight excluding hydrogens is 287 g/mol. The van der Waals surface area contributed by atoms with Crippen LogP contribution in [0.25, 0.3) is 0 Å². The van der Waals surface area contributed by atoms with E-state index in [2.05, 4.69) is 4.98 Å². The molecule has 0 radical (unpaired) electrons. The number of thiazole rings is 1. The number of rotatable bonds is 5. The average molecular weight is 304 g/mol. The minimum Gasteiger partial charge on any atom is -0.285 e. The molecule has 0 saturated heterocycles. The van der Waals surface area contributed by atoms with Crippen LogP contribution in [0.5, 0.6) is 0 Å². The molecule has 1 aromatic heterocycles. The van der Waals surface area contributed by atoms with Gasteiger partial charge in [0.2, 0.25) is 5.91 Å². The van der Waals surface area contributed by atoms with Crippen LogP contribution >= 0.6 is 11.3 Å². The predicted octanol–water partition coefficient (Wildman–Crippen LogP) is 3.72. The third kappa shape index (κ3) is 3.47. The fraction of sp³-hybridized carbons (Fsp3) is 0.375. The highest BCUT2D eigenvalue weighted by Crippen LogP contribution is 2.34. The van der Waals surface area contributed by atoms with Crippen LogP contribution in [-0.2, 0) is 11.2 Å². The molecule has 1 amide bonds. The monoisotopic (exact) mass is 304 g/mol. The molecule has 0 spiro atoms. The van der Waals surface area contributed by atoms with Gasteiger partial charge in [0.25, 0.3) is 0 Å². The van der Waals surface area contributed by atoms with Crippen molar-refractivity contribution in [2.45, 2.75) is 38.6 Å². The summed E-state index contributed by atoms with van der Waals surface area (Å²) < 4.78 is 12.9. The predicted molar refractivity (Wildman–Crippen MR) is 82.1 cm³/mol. The maximum absolute atomic E-state index is 12.9. The lowest BCUT2D eigenvalue weighted by molar-refractivity contribution is -0.118. The standard InChI is InChI=1S/C16H17FN2OS/c1-11-10-21-16(18-11)19(14-7-8-14)15(20)9-4-12-2-5-13(17)6-3-12/h2-3,5-6,10,14H,4,7-9H2,1H3. The topological polar surface area (TPSA) is 33.2 Å². The summed E-state index contributed by atoms with van der Waals surface area (Å²) in [4.78, 5) is 18.8. The van der Waals surface area contributed by atoms with Gasteiger partial charge in [-0.2, -0.15) is 0 Å². The minimum absolute atomic E-state index is 0.108. The highest BCUT2D eigenvalue weighted by Gasteiger charge is 2.34. The second-order valence-electron chi connectivity index (χ2n) is 5.39. The van der Waals surface area contributed by atoms with E-state index in [0.717, 1.165) is 29.2 Å². The molecule has 0 aliphatic heterocycles. The van der Waals surface area contributed by atoms with Crippen molar-refractivity contribution in [1.82, 2.24) is 4.98 Å². The van der Waals surface area contributed by atoms with Gasteiger partial charge >= 0.3 is 0 Å². The summed E-state index contributed by atoms with van der Waals surface area (Å²) in [6.07, 6.45) is 3.18. The Morgan fingerprint density at radius 2 is 2.10 bits per heavy atom.